The van der Waals surface area contributed by atoms with E-state index >= 15 is 0 Å². The normalized spacial score (nSPS) is 29.5. The molecule has 1 saturated carbocycles. The molecule has 1 aliphatic heterocycles. The van der Waals surface area contributed by atoms with Crippen molar-refractivity contribution in [1.82, 2.24) is 0 Å². The number of unbranched alkanes of at least 4 members (excludes halogenated alkanes) is 1. The summed E-state index contributed by atoms with van der Waals surface area (Å²) in [6, 6.07) is 0. The third kappa shape index (κ3) is 8.58. The standard InChI is InChI=1S/C23H36O7/c1-17(24)28-15-9-11-19-18(10-5-3-4-6-12-22(26)27-2)20(25)16-21(19)30-23-13-7-8-14-29-23/h3,5,9,11,18-21,23,25H,4,6-8,10,12-16H2,1-2H3/t18-,19-,20+,21-,23?/m1/s1. The van der Waals surface area contributed by atoms with Gasteiger partial charge >= 0.3 is 11.9 Å². The molecule has 1 aliphatic carbocycles. The summed E-state index contributed by atoms with van der Waals surface area (Å²) in [6.45, 7) is 2.31. The van der Waals surface area contributed by atoms with Crippen LogP contribution in [-0.2, 0) is 28.5 Å². The molecule has 1 heterocycles. The minimum atomic E-state index is -0.471. The molecule has 1 unspecified atom stereocenters. The van der Waals surface area contributed by atoms with Crippen LogP contribution in [0.3, 0.4) is 0 Å². The third-order valence-corrected chi connectivity index (χ3v) is 5.65. The monoisotopic (exact) mass is 424 g/mol. The fraction of sp³-hybridized carbons (Fsp3) is 0.739. The molecule has 30 heavy (non-hydrogen) atoms. The topological polar surface area (TPSA) is 91.3 Å². The largest absolute Gasteiger partial charge is 0.469 e. The van der Waals surface area contributed by atoms with Gasteiger partial charge in [-0.05, 0) is 44.4 Å². The lowest BCUT2D eigenvalue weighted by molar-refractivity contribution is -0.193. The number of ether oxygens (including phenoxy) is 4. The second kappa shape index (κ2) is 13.6. The van der Waals surface area contributed by atoms with E-state index in [-0.39, 0.29) is 42.8 Å². The molecule has 0 aromatic carbocycles. The Balaban J connectivity index is 1.92. The zero-order valence-corrected chi connectivity index (χ0v) is 18.2. The Hall–Kier alpha value is -1.70. The van der Waals surface area contributed by atoms with E-state index in [2.05, 4.69) is 10.8 Å². The molecule has 0 bridgehead atoms. The van der Waals surface area contributed by atoms with E-state index in [0.29, 0.717) is 25.9 Å². The van der Waals surface area contributed by atoms with Crippen LogP contribution in [0, 0.1) is 11.8 Å². The maximum atomic E-state index is 11.2. The minimum absolute atomic E-state index is 0.0146. The van der Waals surface area contributed by atoms with Gasteiger partial charge in [0, 0.05) is 32.3 Å². The molecule has 1 saturated heterocycles. The average molecular weight is 425 g/mol. The number of aliphatic hydroxyl groups is 1. The van der Waals surface area contributed by atoms with E-state index in [0.717, 1.165) is 32.1 Å². The van der Waals surface area contributed by atoms with E-state index < -0.39 is 6.10 Å². The fourth-order valence-corrected chi connectivity index (χ4v) is 4.06. The summed E-state index contributed by atoms with van der Waals surface area (Å²) in [5.74, 6) is -0.483. The Morgan fingerprint density at radius 2 is 2.03 bits per heavy atom. The molecule has 170 valence electrons. The predicted molar refractivity (Wildman–Crippen MR) is 111 cm³/mol. The molecule has 0 aromatic heterocycles. The zero-order chi connectivity index (χ0) is 21.8. The van der Waals surface area contributed by atoms with Crippen LogP contribution < -0.4 is 0 Å². The molecule has 0 aromatic rings. The SMILES string of the molecule is COC(=O)CCCC=CC[C@@H]1[C@@H](C=CCOC(C)=O)[C@H](OC2CCCCO2)C[C@@H]1O. The molecule has 0 radical (unpaired) electrons. The smallest absolute Gasteiger partial charge is 0.305 e. The van der Waals surface area contributed by atoms with Crippen LogP contribution >= 0.6 is 0 Å². The lowest BCUT2D eigenvalue weighted by atomic mass is 9.90. The van der Waals surface area contributed by atoms with Crippen molar-refractivity contribution >= 4 is 11.9 Å². The van der Waals surface area contributed by atoms with Gasteiger partial charge in [-0.1, -0.05) is 24.3 Å². The summed E-state index contributed by atoms with van der Waals surface area (Å²) < 4.78 is 21.6. The van der Waals surface area contributed by atoms with Crippen molar-refractivity contribution in [3.05, 3.63) is 24.3 Å². The van der Waals surface area contributed by atoms with Crippen molar-refractivity contribution in [1.29, 1.82) is 0 Å². The highest BCUT2D eigenvalue weighted by molar-refractivity contribution is 5.69. The number of carbonyl (C=O) groups excluding carboxylic acids is 2. The first kappa shape index (κ1) is 24.6. The van der Waals surface area contributed by atoms with Gasteiger partial charge in [0.2, 0.25) is 0 Å². The van der Waals surface area contributed by atoms with Gasteiger partial charge in [0.05, 0.1) is 19.3 Å². The number of hydrogen-bond donors (Lipinski definition) is 1. The van der Waals surface area contributed by atoms with Gasteiger partial charge < -0.3 is 24.1 Å². The van der Waals surface area contributed by atoms with Gasteiger partial charge in [0.1, 0.15) is 6.61 Å². The third-order valence-electron chi connectivity index (χ3n) is 5.65. The van der Waals surface area contributed by atoms with E-state index in [1.54, 1.807) is 0 Å². The van der Waals surface area contributed by atoms with Crippen molar-refractivity contribution < 1.29 is 33.6 Å². The molecule has 2 fully saturated rings. The van der Waals surface area contributed by atoms with Gasteiger partial charge in [0.15, 0.2) is 6.29 Å². The first-order valence-corrected chi connectivity index (χ1v) is 11.0. The highest BCUT2D eigenvalue weighted by Gasteiger charge is 2.42. The van der Waals surface area contributed by atoms with E-state index in [4.69, 9.17) is 14.2 Å². The minimum Gasteiger partial charge on any atom is -0.469 e. The van der Waals surface area contributed by atoms with Crippen LogP contribution in [-0.4, -0.2) is 55.9 Å². The molecule has 5 atom stereocenters. The summed E-state index contributed by atoms with van der Waals surface area (Å²) in [4.78, 5) is 22.2. The van der Waals surface area contributed by atoms with Crippen LogP contribution in [0.2, 0.25) is 0 Å². The predicted octanol–water partition coefficient (Wildman–Crippen LogP) is 3.30. The van der Waals surface area contributed by atoms with Gasteiger partial charge in [-0.3, -0.25) is 9.59 Å². The molecule has 0 amide bonds. The van der Waals surface area contributed by atoms with E-state index in [1.165, 1.54) is 14.0 Å². The van der Waals surface area contributed by atoms with Crippen molar-refractivity contribution in [2.45, 2.75) is 76.8 Å². The second-order valence-electron chi connectivity index (χ2n) is 7.92. The summed E-state index contributed by atoms with van der Waals surface area (Å²) in [5.41, 5.74) is 0. The number of methoxy groups -OCH3 is 1. The number of carbonyl (C=O) groups is 2. The Bertz CT molecular complexity index is 580. The number of aliphatic hydroxyl groups excluding tert-OH is 1. The number of allylic oxidation sites excluding steroid dienone is 2. The molecule has 7 nitrogen and oxygen atoms in total. The van der Waals surface area contributed by atoms with Gasteiger partial charge in [-0.2, -0.15) is 0 Å². The molecular weight excluding hydrogens is 388 g/mol. The molecule has 7 heteroatoms. The van der Waals surface area contributed by atoms with Gasteiger partial charge in [-0.25, -0.2) is 0 Å². The molecule has 2 rings (SSSR count). The Labute approximate surface area is 179 Å². The summed E-state index contributed by atoms with van der Waals surface area (Å²) in [6.07, 6.45) is 13.4. The molecule has 0 spiro atoms. The maximum Gasteiger partial charge on any atom is 0.305 e. The van der Waals surface area contributed by atoms with Crippen LogP contribution in [0.25, 0.3) is 0 Å². The average Bonchev–Trinajstić information content (AvgIpc) is 3.02. The Morgan fingerprint density at radius 3 is 2.73 bits per heavy atom. The van der Waals surface area contributed by atoms with Crippen LogP contribution in [0.5, 0.6) is 0 Å². The Kier molecular flexibility index (Phi) is 11.1. The van der Waals surface area contributed by atoms with Crippen molar-refractivity contribution in [2.24, 2.45) is 11.8 Å². The second-order valence-corrected chi connectivity index (χ2v) is 7.92. The van der Waals surface area contributed by atoms with Gasteiger partial charge in [0.25, 0.3) is 0 Å². The lowest BCUT2D eigenvalue weighted by Crippen LogP contribution is -2.30. The van der Waals surface area contributed by atoms with Crippen molar-refractivity contribution in [3.63, 3.8) is 0 Å². The zero-order valence-electron chi connectivity index (χ0n) is 18.2. The Morgan fingerprint density at radius 1 is 1.20 bits per heavy atom. The quantitative estimate of drug-likeness (QED) is 0.309. The highest BCUT2D eigenvalue weighted by atomic mass is 16.7. The molecule has 1 N–H and O–H groups in total. The highest BCUT2D eigenvalue weighted by Crippen LogP contribution is 2.39. The van der Waals surface area contributed by atoms with Crippen molar-refractivity contribution in [2.75, 3.05) is 20.3 Å². The van der Waals surface area contributed by atoms with E-state index in [9.17, 15) is 14.7 Å². The van der Waals surface area contributed by atoms with Crippen LogP contribution in [0.4, 0.5) is 0 Å². The molecule has 2 aliphatic rings. The summed E-state index contributed by atoms with van der Waals surface area (Å²) in [5, 5.41) is 10.7. The van der Waals surface area contributed by atoms with Crippen molar-refractivity contribution in [3.8, 4) is 0 Å². The maximum absolute atomic E-state index is 11.2. The number of rotatable bonds is 11. The summed E-state index contributed by atoms with van der Waals surface area (Å²) >= 11 is 0. The molecular formula is C23H36O7. The fourth-order valence-electron chi connectivity index (χ4n) is 4.06. The first-order chi connectivity index (χ1) is 14.5. The van der Waals surface area contributed by atoms with E-state index in [1.807, 2.05) is 18.2 Å². The number of esters is 2. The van der Waals surface area contributed by atoms with Crippen LogP contribution in [0.15, 0.2) is 24.3 Å². The lowest BCUT2D eigenvalue weighted by Gasteiger charge is -2.29. The first-order valence-electron chi connectivity index (χ1n) is 11.0. The summed E-state index contributed by atoms with van der Waals surface area (Å²) in [7, 11) is 1.39. The van der Waals surface area contributed by atoms with Crippen LogP contribution in [0.1, 0.15) is 58.3 Å². The number of hydrogen-bond acceptors (Lipinski definition) is 7. The van der Waals surface area contributed by atoms with Gasteiger partial charge in [-0.15, -0.1) is 0 Å².